The zero-order valence-electron chi connectivity index (χ0n) is 20.7. The van der Waals surface area contributed by atoms with Crippen molar-refractivity contribution >= 4 is 13.7 Å². The minimum absolute atomic E-state index is 0.177. The van der Waals surface area contributed by atoms with E-state index in [1.165, 1.54) is 31.3 Å². The molecule has 2 heterocycles. The minimum atomic E-state index is -4.27. The number of carbonyl (C=O) groups is 1. The molecular weight excluding hydrogens is 496 g/mol. The molecule has 1 aromatic carbocycles. The quantitative estimate of drug-likeness (QED) is 0.350. The summed E-state index contributed by atoms with van der Waals surface area (Å²) in [6, 6.07) is 8.48. The SMILES string of the molecule is Cc1ccn([C@@H]2O[C@H](CO[P@@](=O)(N[C@@H](C)C(=O)OC(C)C)Oc3ccccc3)[C@@H](O)[C@@]2(C)F)c(=O)n1. The summed E-state index contributed by atoms with van der Waals surface area (Å²) in [7, 11) is -4.27. The lowest BCUT2D eigenvalue weighted by atomic mass is 9.98. The number of halogens is 1. The second-order valence-electron chi connectivity index (χ2n) is 8.92. The molecule has 1 aliphatic heterocycles. The lowest BCUT2D eigenvalue weighted by Gasteiger charge is -2.25. The van der Waals surface area contributed by atoms with Crippen LogP contribution in [0.3, 0.4) is 0 Å². The first-order valence-corrected chi connectivity index (χ1v) is 12.9. The van der Waals surface area contributed by atoms with Gasteiger partial charge in [0.15, 0.2) is 11.9 Å². The summed E-state index contributed by atoms with van der Waals surface area (Å²) in [6.07, 6.45) is -3.67. The minimum Gasteiger partial charge on any atom is -0.462 e. The van der Waals surface area contributed by atoms with E-state index in [0.29, 0.717) is 5.69 Å². The summed E-state index contributed by atoms with van der Waals surface area (Å²) >= 11 is 0. The summed E-state index contributed by atoms with van der Waals surface area (Å²) in [5.41, 5.74) is -2.72. The van der Waals surface area contributed by atoms with Crippen LogP contribution in [0.5, 0.6) is 5.75 Å². The van der Waals surface area contributed by atoms with Crippen LogP contribution < -0.4 is 15.3 Å². The highest BCUT2D eigenvalue weighted by atomic mass is 31.2. The third kappa shape index (κ3) is 6.57. The van der Waals surface area contributed by atoms with E-state index in [1.807, 2.05) is 0 Å². The van der Waals surface area contributed by atoms with Crippen LogP contribution in [0.15, 0.2) is 47.4 Å². The van der Waals surface area contributed by atoms with Crippen molar-refractivity contribution in [3.63, 3.8) is 0 Å². The lowest BCUT2D eigenvalue weighted by molar-refractivity contribution is -0.149. The molecule has 11 nitrogen and oxygen atoms in total. The van der Waals surface area contributed by atoms with E-state index in [-0.39, 0.29) is 5.75 Å². The zero-order chi connectivity index (χ0) is 26.7. The summed E-state index contributed by atoms with van der Waals surface area (Å²) in [5, 5.41) is 13.1. The maximum Gasteiger partial charge on any atom is 0.459 e. The Labute approximate surface area is 208 Å². The van der Waals surface area contributed by atoms with E-state index in [0.717, 1.165) is 11.5 Å². The van der Waals surface area contributed by atoms with Crippen LogP contribution in [0.2, 0.25) is 0 Å². The topological polar surface area (TPSA) is 138 Å². The number of benzene rings is 1. The van der Waals surface area contributed by atoms with Crippen LogP contribution in [0, 0.1) is 6.92 Å². The molecule has 0 radical (unpaired) electrons. The molecule has 0 amide bonds. The van der Waals surface area contributed by atoms with Gasteiger partial charge in [-0.15, -0.1) is 0 Å². The predicted octanol–water partition coefficient (Wildman–Crippen LogP) is 2.67. The molecule has 2 aromatic rings. The van der Waals surface area contributed by atoms with Crippen LogP contribution >= 0.6 is 7.75 Å². The van der Waals surface area contributed by atoms with Crippen molar-refractivity contribution in [3.05, 3.63) is 58.8 Å². The van der Waals surface area contributed by atoms with Gasteiger partial charge in [-0.2, -0.15) is 10.1 Å². The Morgan fingerprint density at radius 1 is 1.31 bits per heavy atom. The Balaban J connectivity index is 1.79. The van der Waals surface area contributed by atoms with Crippen molar-refractivity contribution in [3.8, 4) is 5.75 Å². The molecule has 0 spiro atoms. The van der Waals surface area contributed by atoms with E-state index < -0.39 is 62.3 Å². The Hall–Kier alpha value is -2.63. The van der Waals surface area contributed by atoms with Crippen molar-refractivity contribution in [1.82, 2.24) is 14.6 Å². The Bertz CT molecular complexity index is 1160. The van der Waals surface area contributed by atoms with Gasteiger partial charge in [-0.1, -0.05) is 18.2 Å². The first-order valence-electron chi connectivity index (χ1n) is 11.4. The number of nitrogens with one attached hydrogen (secondary N) is 1. The van der Waals surface area contributed by atoms with Gasteiger partial charge in [0, 0.05) is 11.9 Å². The molecule has 13 heteroatoms. The summed E-state index contributed by atoms with van der Waals surface area (Å²) in [6.45, 7) is 6.85. The predicted molar refractivity (Wildman–Crippen MR) is 127 cm³/mol. The van der Waals surface area contributed by atoms with Crippen LogP contribution in [0.1, 0.15) is 39.6 Å². The number of aliphatic hydroxyl groups is 1. The van der Waals surface area contributed by atoms with Crippen molar-refractivity contribution in [2.75, 3.05) is 6.61 Å². The highest BCUT2D eigenvalue weighted by Crippen LogP contribution is 2.47. The van der Waals surface area contributed by atoms with Crippen molar-refractivity contribution in [1.29, 1.82) is 0 Å². The number of para-hydroxylation sites is 1. The second-order valence-corrected chi connectivity index (χ2v) is 10.6. The number of hydrogen-bond donors (Lipinski definition) is 2. The third-order valence-electron chi connectivity index (χ3n) is 5.37. The number of rotatable bonds is 10. The van der Waals surface area contributed by atoms with Crippen LogP contribution in [0.25, 0.3) is 0 Å². The second kappa shape index (κ2) is 11.2. The Kier molecular flexibility index (Phi) is 8.68. The first-order chi connectivity index (χ1) is 16.8. The van der Waals surface area contributed by atoms with Gasteiger partial charge in [0.25, 0.3) is 0 Å². The van der Waals surface area contributed by atoms with Gasteiger partial charge in [-0.05, 0) is 52.8 Å². The molecule has 1 fully saturated rings. The van der Waals surface area contributed by atoms with Crippen LogP contribution in [-0.4, -0.2) is 57.3 Å². The lowest BCUT2D eigenvalue weighted by Crippen LogP contribution is -2.43. The van der Waals surface area contributed by atoms with E-state index in [2.05, 4.69) is 10.1 Å². The molecule has 2 N–H and O–H groups in total. The third-order valence-corrected chi connectivity index (χ3v) is 7.02. The fourth-order valence-corrected chi connectivity index (χ4v) is 5.03. The van der Waals surface area contributed by atoms with E-state index in [1.54, 1.807) is 39.0 Å². The molecular formula is C23H31FN3O8P. The number of aliphatic hydroxyl groups excluding tert-OH is 1. The molecule has 1 saturated heterocycles. The van der Waals surface area contributed by atoms with Gasteiger partial charge in [0.1, 0.15) is 24.0 Å². The number of hydrogen-bond acceptors (Lipinski definition) is 9. The smallest absolute Gasteiger partial charge is 0.459 e. The molecule has 0 bridgehead atoms. The normalized spacial score (nSPS) is 26.4. The number of esters is 1. The van der Waals surface area contributed by atoms with Gasteiger partial charge >= 0.3 is 19.4 Å². The molecule has 36 heavy (non-hydrogen) atoms. The van der Waals surface area contributed by atoms with Gasteiger partial charge in [0.05, 0.1) is 12.7 Å². The monoisotopic (exact) mass is 527 g/mol. The summed E-state index contributed by atoms with van der Waals surface area (Å²) < 4.78 is 51.8. The number of aryl methyl sites for hydroxylation is 1. The number of nitrogens with zero attached hydrogens (tertiary/aromatic N) is 2. The average Bonchev–Trinajstić information content (AvgIpc) is 3.01. The number of alkyl halides is 1. The van der Waals surface area contributed by atoms with E-state index >= 15 is 4.39 Å². The molecule has 0 saturated carbocycles. The fourth-order valence-electron chi connectivity index (χ4n) is 3.53. The highest BCUT2D eigenvalue weighted by Gasteiger charge is 2.56. The van der Waals surface area contributed by atoms with Crippen molar-refractivity contribution in [2.24, 2.45) is 0 Å². The number of ether oxygens (including phenoxy) is 2. The highest BCUT2D eigenvalue weighted by molar-refractivity contribution is 7.52. The molecule has 1 aromatic heterocycles. The van der Waals surface area contributed by atoms with Gasteiger partial charge in [-0.3, -0.25) is 13.9 Å². The van der Waals surface area contributed by atoms with Crippen molar-refractivity contribution in [2.45, 2.75) is 70.9 Å². The Morgan fingerprint density at radius 2 is 1.97 bits per heavy atom. The molecule has 0 aliphatic carbocycles. The molecule has 1 aliphatic rings. The summed E-state index contributed by atoms with van der Waals surface area (Å²) in [5.74, 6) is -0.513. The molecule has 198 valence electrons. The van der Waals surface area contributed by atoms with Crippen LogP contribution in [0.4, 0.5) is 4.39 Å². The zero-order valence-corrected chi connectivity index (χ0v) is 21.6. The van der Waals surface area contributed by atoms with E-state index in [9.17, 15) is 19.3 Å². The van der Waals surface area contributed by atoms with Gasteiger partial charge < -0.3 is 19.1 Å². The average molecular weight is 527 g/mol. The molecule has 0 unspecified atom stereocenters. The first kappa shape index (κ1) is 27.9. The maximum absolute atomic E-state index is 15.5. The maximum atomic E-state index is 15.5. The van der Waals surface area contributed by atoms with Gasteiger partial charge in [0.2, 0.25) is 0 Å². The molecule has 3 rings (SSSR count). The largest absolute Gasteiger partial charge is 0.462 e. The van der Waals surface area contributed by atoms with Crippen molar-refractivity contribution < 1.29 is 37.4 Å². The van der Waals surface area contributed by atoms with E-state index in [4.69, 9.17) is 18.5 Å². The van der Waals surface area contributed by atoms with Gasteiger partial charge in [-0.25, -0.2) is 13.8 Å². The van der Waals surface area contributed by atoms with Crippen LogP contribution in [-0.2, 0) is 23.4 Å². The summed E-state index contributed by atoms with van der Waals surface area (Å²) in [4.78, 5) is 28.3. The fraction of sp³-hybridized carbons (Fsp3) is 0.522. The standard InChI is InChI=1S/C23H31FN3O8P/c1-14(2)33-20(29)16(4)26-36(31,35-17-9-7-6-8-10-17)32-13-18-19(28)23(5,24)21(34-18)27-12-11-15(3)25-22(27)30/h6-12,14,16,18-19,21,28H,13H2,1-5H3,(H,26,31)/t16-,18+,19+,21+,23+,36-/m0/s1. The number of aromatic nitrogens is 2. The molecule has 6 atom stereocenters. The Morgan fingerprint density at radius 3 is 2.58 bits per heavy atom. The number of carbonyl (C=O) groups excluding carboxylic acids is 1.